The zero-order valence-electron chi connectivity index (χ0n) is 10.8. The zero-order valence-corrected chi connectivity index (χ0v) is 12.3. The van der Waals surface area contributed by atoms with Crippen LogP contribution in [0.15, 0.2) is 36.4 Å². The normalized spacial score (nSPS) is 12.4. The van der Waals surface area contributed by atoms with Crippen molar-refractivity contribution in [1.29, 1.82) is 0 Å². The SMILES string of the molecule is CC(NCc1ccc(F)c(F)c1)c1cc(Cl)ccc1Cl. The highest BCUT2D eigenvalue weighted by Gasteiger charge is 2.10. The summed E-state index contributed by atoms with van der Waals surface area (Å²) in [6, 6.07) is 9.00. The molecule has 2 rings (SSSR count). The van der Waals surface area contributed by atoms with Crippen molar-refractivity contribution in [2.24, 2.45) is 0 Å². The van der Waals surface area contributed by atoms with E-state index in [0.29, 0.717) is 22.2 Å². The van der Waals surface area contributed by atoms with Crippen LogP contribution in [0.3, 0.4) is 0 Å². The van der Waals surface area contributed by atoms with Crippen molar-refractivity contribution in [3.05, 3.63) is 69.2 Å². The molecule has 106 valence electrons. The second-order valence-electron chi connectivity index (χ2n) is 4.52. The van der Waals surface area contributed by atoms with Gasteiger partial charge in [0.1, 0.15) is 0 Å². The molecule has 1 N–H and O–H groups in total. The molecule has 0 heterocycles. The molecule has 20 heavy (non-hydrogen) atoms. The third-order valence-corrected chi connectivity index (χ3v) is 3.60. The summed E-state index contributed by atoms with van der Waals surface area (Å²) in [4.78, 5) is 0. The van der Waals surface area contributed by atoms with Gasteiger partial charge in [-0.15, -0.1) is 0 Å². The highest BCUT2D eigenvalue weighted by molar-refractivity contribution is 6.33. The molecule has 0 amide bonds. The van der Waals surface area contributed by atoms with Crippen molar-refractivity contribution in [2.45, 2.75) is 19.5 Å². The predicted molar refractivity (Wildman–Crippen MR) is 78.1 cm³/mol. The first kappa shape index (κ1) is 15.2. The second-order valence-corrected chi connectivity index (χ2v) is 5.36. The molecule has 2 aromatic carbocycles. The molecule has 0 aliphatic carbocycles. The Morgan fingerprint density at radius 1 is 1.05 bits per heavy atom. The predicted octanol–water partition coefficient (Wildman–Crippen LogP) is 5.12. The maximum Gasteiger partial charge on any atom is 0.159 e. The fourth-order valence-electron chi connectivity index (χ4n) is 1.88. The van der Waals surface area contributed by atoms with Gasteiger partial charge >= 0.3 is 0 Å². The van der Waals surface area contributed by atoms with Crippen LogP contribution in [-0.4, -0.2) is 0 Å². The summed E-state index contributed by atoms with van der Waals surface area (Å²) >= 11 is 12.0. The van der Waals surface area contributed by atoms with Crippen molar-refractivity contribution in [2.75, 3.05) is 0 Å². The molecule has 1 atom stereocenters. The molecule has 0 radical (unpaired) electrons. The van der Waals surface area contributed by atoms with Gasteiger partial charge in [-0.25, -0.2) is 8.78 Å². The number of rotatable bonds is 4. The van der Waals surface area contributed by atoms with Crippen LogP contribution in [-0.2, 0) is 6.54 Å². The molecule has 2 aromatic rings. The lowest BCUT2D eigenvalue weighted by molar-refractivity contribution is 0.504. The van der Waals surface area contributed by atoms with Crippen molar-refractivity contribution < 1.29 is 8.78 Å². The quantitative estimate of drug-likeness (QED) is 0.825. The Bertz CT molecular complexity index is 617. The van der Waals surface area contributed by atoms with Gasteiger partial charge in [-0.1, -0.05) is 29.3 Å². The van der Waals surface area contributed by atoms with E-state index in [-0.39, 0.29) is 6.04 Å². The van der Waals surface area contributed by atoms with Crippen molar-refractivity contribution in [3.8, 4) is 0 Å². The Labute approximate surface area is 126 Å². The number of hydrogen-bond acceptors (Lipinski definition) is 1. The summed E-state index contributed by atoms with van der Waals surface area (Å²) < 4.78 is 25.9. The third-order valence-electron chi connectivity index (χ3n) is 3.02. The highest BCUT2D eigenvalue weighted by atomic mass is 35.5. The second kappa shape index (κ2) is 6.53. The summed E-state index contributed by atoms with van der Waals surface area (Å²) in [6.07, 6.45) is 0. The molecule has 0 fully saturated rings. The number of halogens is 4. The molecule has 0 spiro atoms. The van der Waals surface area contributed by atoms with E-state index in [2.05, 4.69) is 5.32 Å². The molecule has 0 saturated carbocycles. The number of nitrogens with one attached hydrogen (secondary N) is 1. The highest BCUT2D eigenvalue weighted by Crippen LogP contribution is 2.26. The Morgan fingerprint density at radius 2 is 1.80 bits per heavy atom. The molecule has 0 aliphatic rings. The smallest absolute Gasteiger partial charge is 0.159 e. The van der Waals surface area contributed by atoms with Crippen LogP contribution in [0.2, 0.25) is 10.0 Å². The molecular formula is C15H13Cl2F2N. The molecule has 0 bridgehead atoms. The summed E-state index contributed by atoms with van der Waals surface area (Å²) in [5.41, 5.74) is 1.52. The lowest BCUT2D eigenvalue weighted by Crippen LogP contribution is -2.18. The molecule has 0 aromatic heterocycles. The van der Waals surface area contributed by atoms with Crippen LogP contribution in [0.4, 0.5) is 8.78 Å². The lowest BCUT2D eigenvalue weighted by Gasteiger charge is -2.16. The van der Waals surface area contributed by atoms with Crippen molar-refractivity contribution in [1.82, 2.24) is 5.32 Å². The average Bonchev–Trinajstić information content (AvgIpc) is 2.42. The number of hydrogen-bond donors (Lipinski definition) is 1. The fourth-order valence-corrected chi connectivity index (χ4v) is 2.34. The number of benzene rings is 2. The minimum atomic E-state index is -0.849. The van der Waals surface area contributed by atoms with Gasteiger partial charge in [0.15, 0.2) is 11.6 Å². The van der Waals surface area contributed by atoms with E-state index >= 15 is 0 Å². The van der Waals surface area contributed by atoms with Gasteiger partial charge in [-0.2, -0.15) is 0 Å². The fraction of sp³-hybridized carbons (Fsp3) is 0.200. The standard InChI is InChI=1S/C15H13Cl2F2N/c1-9(12-7-11(16)3-4-13(12)17)20-8-10-2-5-14(18)15(19)6-10/h2-7,9,20H,8H2,1H3. The van der Waals surface area contributed by atoms with Gasteiger partial charge in [0.05, 0.1) is 0 Å². The zero-order chi connectivity index (χ0) is 14.7. The molecule has 0 aliphatic heterocycles. The maximum absolute atomic E-state index is 13.1. The van der Waals surface area contributed by atoms with Gasteiger partial charge in [-0.3, -0.25) is 0 Å². The Balaban J connectivity index is 2.06. The van der Waals surface area contributed by atoms with E-state index < -0.39 is 11.6 Å². The molecular weight excluding hydrogens is 303 g/mol. The monoisotopic (exact) mass is 315 g/mol. The van der Waals surface area contributed by atoms with E-state index in [0.717, 1.165) is 11.6 Å². The summed E-state index contributed by atoms with van der Waals surface area (Å²) in [5, 5.41) is 4.41. The van der Waals surface area contributed by atoms with Crippen LogP contribution >= 0.6 is 23.2 Å². The van der Waals surface area contributed by atoms with Crippen LogP contribution in [0, 0.1) is 11.6 Å². The summed E-state index contributed by atoms with van der Waals surface area (Å²) in [7, 11) is 0. The van der Waals surface area contributed by atoms with Gasteiger partial charge in [0.2, 0.25) is 0 Å². The first-order chi connectivity index (χ1) is 9.47. The molecule has 1 nitrogen and oxygen atoms in total. The summed E-state index contributed by atoms with van der Waals surface area (Å²) in [5.74, 6) is -1.70. The van der Waals surface area contributed by atoms with Crippen LogP contribution in [0.1, 0.15) is 24.1 Å². The van der Waals surface area contributed by atoms with Crippen LogP contribution in [0.25, 0.3) is 0 Å². The van der Waals surface area contributed by atoms with E-state index in [4.69, 9.17) is 23.2 Å². The minimum Gasteiger partial charge on any atom is -0.306 e. The van der Waals surface area contributed by atoms with Crippen LogP contribution < -0.4 is 5.32 Å². The average molecular weight is 316 g/mol. The Hall–Kier alpha value is -1.16. The van der Waals surface area contributed by atoms with Gasteiger partial charge in [-0.05, 0) is 48.4 Å². The Morgan fingerprint density at radius 3 is 2.50 bits per heavy atom. The van der Waals surface area contributed by atoms with Gasteiger partial charge in [0, 0.05) is 22.6 Å². The van der Waals surface area contributed by atoms with Crippen LogP contribution in [0.5, 0.6) is 0 Å². The third kappa shape index (κ3) is 3.69. The first-order valence-electron chi connectivity index (χ1n) is 6.09. The van der Waals surface area contributed by atoms with E-state index in [9.17, 15) is 8.78 Å². The first-order valence-corrected chi connectivity index (χ1v) is 6.85. The minimum absolute atomic E-state index is 0.0608. The maximum atomic E-state index is 13.1. The molecule has 5 heteroatoms. The molecule has 1 unspecified atom stereocenters. The molecule has 0 saturated heterocycles. The van der Waals surface area contributed by atoms with E-state index in [1.54, 1.807) is 18.2 Å². The topological polar surface area (TPSA) is 12.0 Å². The van der Waals surface area contributed by atoms with Gasteiger partial charge < -0.3 is 5.32 Å². The van der Waals surface area contributed by atoms with Crippen molar-refractivity contribution >= 4 is 23.2 Å². The lowest BCUT2D eigenvalue weighted by atomic mass is 10.1. The van der Waals surface area contributed by atoms with E-state index in [1.807, 2.05) is 6.92 Å². The van der Waals surface area contributed by atoms with Crippen molar-refractivity contribution in [3.63, 3.8) is 0 Å². The van der Waals surface area contributed by atoms with E-state index in [1.165, 1.54) is 12.1 Å². The van der Waals surface area contributed by atoms with Gasteiger partial charge in [0.25, 0.3) is 0 Å². The summed E-state index contributed by atoms with van der Waals surface area (Å²) in [6.45, 7) is 2.33. The largest absolute Gasteiger partial charge is 0.306 e. The Kier molecular flexibility index (Phi) is 4.97.